The zero-order valence-electron chi connectivity index (χ0n) is 3.38. The van der Waals surface area contributed by atoms with Gasteiger partial charge in [-0.3, -0.25) is 0 Å². The van der Waals surface area contributed by atoms with E-state index in [0.717, 1.165) is 10.8 Å². The first-order chi connectivity index (χ1) is 2.77. The Kier molecular flexibility index (Phi) is 3.66. The molecule has 0 aliphatic carbocycles. The third-order valence-electron chi connectivity index (χ3n) is 0.235. The van der Waals surface area contributed by atoms with E-state index in [1.165, 1.54) is 0 Å². The highest BCUT2D eigenvalue weighted by atomic mass is 33.1. The molecular formula is C2H6O2S2. The van der Waals surface area contributed by atoms with E-state index in [-0.39, 0.29) is 0 Å². The van der Waals surface area contributed by atoms with Crippen molar-refractivity contribution in [3.05, 3.63) is 0 Å². The molecular weight excluding hydrogens is 120 g/mol. The normalized spacial score (nSPS) is 9.67. The Morgan fingerprint density at radius 1 is 1.67 bits per heavy atom. The maximum absolute atomic E-state index is 9.60. The Hall–Kier alpha value is 0.300. The lowest BCUT2D eigenvalue weighted by Gasteiger charge is -1.72. The van der Waals surface area contributed by atoms with Crippen LogP contribution in [-0.2, 0) is 9.74 Å². The fourth-order valence-corrected chi connectivity index (χ4v) is 0.949. The molecule has 0 amide bonds. The lowest BCUT2D eigenvalue weighted by atomic mass is 11.0. The van der Waals surface area contributed by atoms with Crippen LogP contribution in [-0.4, -0.2) is 14.2 Å². The van der Waals surface area contributed by atoms with Crippen LogP contribution < -0.4 is 0 Å². The molecule has 4 heteroatoms. The quantitative estimate of drug-likeness (QED) is 0.426. The average molecular weight is 126 g/mol. The lowest BCUT2D eigenvalue weighted by Crippen LogP contribution is -1.64. The predicted molar refractivity (Wildman–Crippen MR) is 28.4 cm³/mol. The van der Waals surface area contributed by atoms with Crippen LogP contribution in [0.4, 0.5) is 0 Å². The van der Waals surface area contributed by atoms with Gasteiger partial charge in [0.15, 0.2) is 9.74 Å². The first-order valence-electron chi connectivity index (χ1n) is 1.54. The van der Waals surface area contributed by atoms with Gasteiger partial charge in [0.05, 0.1) is 0 Å². The van der Waals surface area contributed by atoms with E-state index in [1.807, 2.05) is 0 Å². The molecule has 0 saturated carbocycles. The van der Waals surface area contributed by atoms with Gasteiger partial charge in [0.1, 0.15) is 0 Å². The molecule has 0 bridgehead atoms. The number of thiol groups is 1. The Labute approximate surface area is 42.3 Å². The maximum Gasteiger partial charge on any atom is 0.191 e. The van der Waals surface area contributed by atoms with Crippen LogP contribution in [0.1, 0.15) is 6.92 Å². The van der Waals surface area contributed by atoms with E-state index in [2.05, 4.69) is 0 Å². The van der Waals surface area contributed by atoms with Gasteiger partial charge in [-0.2, -0.15) is 0 Å². The SMILES string of the molecule is CCS[SH](=O)=O. The molecule has 0 atom stereocenters. The van der Waals surface area contributed by atoms with Crippen LogP contribution in [0.5, 0.6) is 0 Å². The van der Waals surface area contributed by atoms with E-state index in [1.54, 1.807) is 6.92 Å². The van der Waals surface area contributed by atoms with Crippen LogP contribution in [0.15, 0.2) is 0 Å². The van der Waals surface area contributed by atoms with E-state index >= 15 is 0 Å². The fraction of sp³-hybridized carbons (Fsp3) is 1.00. The number of rotatable bonds is 2. The molecule has 0 rings (SSSR count). The van der Waals surface area contributed by atoms with Crippen LogP contribution in [0.25, 0.3) is 0 Å². The third kappa shape index (κ3) is 4.30. The molecule has 0 fully saturated rings. The van der Waals surface area contributed by atoms with Gasteiger partial charge in [0, 0.05) is 5.75 Å². The van der Waals surface area contributed by atoms with E-state index in [4.69, 9.17) is 0 Å². The molecule has 0 N–H and O–H groups in total. The van der Waals surface area contributed by atoms with Crippen molar-refractivity contribution in [2.75, 3.05) is 5.75 Å². The summed E-state index contributed by atoms with van der Waals surface area (Å²) in [5, 5.41) is 0. The molecule has 0 radical (unpaired) electrons. The topological polar surface area (TPSA) is 34.1 Å². The Morgan fingerprint density at radius 3 is 2.17 bits per heavy atom. The monoisotopic (exact) mass is 126 g/mol. The second-order valence-electron chi connectivity index (χ2n) is 0.641. The van der Waals surface area contributed by atoms with Crippen molar-refractivity contribution < 1.29 is 8.42 Å². The van der Waals surface area contributed by atoms with Crippen molar-refractivity contribution in [2.24, 2.45) is 0 Å². The molecule has 0 heterocycles. The lowest BCUT2D eigenvalue weighted by molar-refractivity contribution is 0.626. The molecule has 0 aromatic carbocycles. The smallest absolute Gasteiger partial charge is 0.191 e. The van der Waals surface area contributed by atoms with Gasteiger partial charge < -0.3 is 0 Å². The van der Waals surface area contributed by atoms with E-state index in [0.29, 0.717) is 5.75 Å². The summed E-state index contributed by atoms with van der Waals surface area (Å²) in [6, 6.07) is 0. The van der Waals surface area contributed by atoms with Crippen molar-refractivity contribution in [3.63, 3.8) is 0 Å². The largest absolute Gasteiger partial charge is 0.221 e. The molecule has 0 aromatic heterocycles. The van der Waals surface area contributed by atoms with Gasteiger partial charge in [-0.25, -0.2) is 8.42 Å². The molecule has 38 valence electrons. The summed E-state index contributed by atoms with van der Waals surface area (Å²) >= 11 is 0. The maximum atomic E-state index is 9.60. The summed E-state index contributed by atoms with van der Waals surface area (Å²) in [4.78, 5) is 0. The van der Waals surface area contributed by atoms with Gasteiger partial charge in [-0.05, 0) is 10.8 Å². The molecule has 0 aliphatic rings. The standard InChI is InChI=1S/C2H6O2S2/c1-2-5-6(3)4/h6H,2H2,1H3. The van der Waals surface area contributed by atoms with Gasteiger partial charge >= 0.3 is 0 Å². The number of hydrogen-bond donors (Lipinski definition) is 1. The molecule has 6 heavy (non-hydrogen) atoms. The highest BCUT2D eigenvalue weighted by molar-refractivity contribution is 8.64. The van der Waals surface area contributed by atoms with Crippen molar-refractivity contribution in [1.82, 2.24) is 0 Å². The highest BCUT2D eigenvalue weighted by Crippen LogP contribution is 1.94. The van der Waals surface area contributed by atoms with Gasteiger partial charge in [-0.1, -0.05) is 6.92 Å². The van der Waals surface area contributed by atoms with Gasteiger partial charge in [-0.15, -0.1) is 0 Å². The first-order valence-corrected chi connectivity index (χ1v) is 4.31. The molecule has 0 aromatic rings. The minimum atomic E-state index is -2.18. The fourth-order valence-electron chi connectivity index (χ4n) is 0.105. The zero-order chi connectivity index (χ0) is 4.99. The first kappa shape index (κ1) is 6.30. The van der Waals surface area contributed by atoms with Crippen molar-refractivity contribution >= 4 is 20.5 Å². The summed E-state index contributed by atoms with van der Waals surface area (Å²) in [5.74, 6) is 0.651. The summed E-state index contributed by atoms with van der Waals surface area (Å²) in [6.07, 6.45) is 0. The summed E-state index contributed by atoms with van der Waals surface area (Å²) < 4.78 is 19.2. The minimum absolute atomic E-state index is 0.651. The molecule has 0 spiro atoms. The summed E-state index contributed by atoms with van der Waals surface area (Å²) in [7, 11) is -1.24. The van der Waals surface area contributed by atoms with E-state index < -0.39 is 9.74 Å². The summed E-state index contributed by atoms with van der Waals surface area (Å²) in [5.41, 5.74) is 0. The number of hydrogen-bond acceptors (Lipinski definition) is 3. The second-order valence-corrected chi connectivity index (χ2v) is 3.59. The van der Waals surface area contributed by atoms with Crippen molar-refractivity contribution in [3.8, 4) is 0 Å². The highest BCUT2D eigenvalue weighted by Gasteiger charge is 1.75. The molecule has 0 saturated heterocycles. The van der Waals surface area contributed by atoms with E-state index in [9.17, 15) is 8.42 Å². The third-order valence-corrected chi connectivity index (χ3v) is 2.11. The Morgan fingerprint density at radius 2 is 2.17 bits per heavy atom. The van der Waals surface area contributed by atoms with Crippen LogP contribution >= 0.6 is 10.8 Å². The predicted octanol–water partition coefficient (Wildman–Crippen LogP) is 0.266. The molecule has 0 unspecified atom stereocenters. The Bertz CT molecular complexity index is 77.5. The van der Waals surface area contributed by atoms with Crippen LogP contribution in [0.2, 0.25) is 0 Å². The van der Waals surface area contributed by atoms with Gasteiger partial charge in [0.2, 0.25) is 0 Å². The Balaban J connectivity index is 3.07. The van der Waals surface area contributed by atoms with Crippen molar-refractivity contribution in [2.45, 2.75) is 6.92 Å². The van der Waals surface area contributed by atoms with Crippen LogP contribution in [0.3, 0.4) is 0 Å². The van der Waals surface area contributed by atoms with Gasteiger partial charge in [0.25, 0.3) is 0 Å². The van der Waals surface area contributed by atoms with Crippen molar-refractivity contribution in [1.29, 1.82) is 0 Å². The zero-order valence-corrected chi connectivity index (χ0v) is 5.09. The molecule has 0 aliphatic heterocycles. The summed E-state index contributed by atoms with van der Waals surface area (Å²) in [6.45, 7) is 1.80. The van der Waals surface area contributed by atoms with Crippen LogP contribution in [0, 0.1) is 0 Å². The average Bonchev–Trinajstić information content (AvgIpc) is 1.35. The molecule has 2 nitrogen and oxygen atoms in total. The minimum Gasteiger partial charge on any atom is -0.221 e. The second kappa shape index (κ2) is 3.49.